The van der Waals surface area contributed by atoms with Crippen LogP contribution in [-0.4, -0.2) is 23.8 Å². The molecule has 1 fully saturated rings. The van der Waals surface area contributed by atoms with Crippen LogP contribution < -0.4 is 14.8 Å². The van der Waals surface area contributed by atoms with E-state index in [2.05, 4.69) is 10.3 Å². The molecule has 2 aromatic rings. The van der Waals surface area contributed by atoms with Crippen LogP contribution in [0.25, 0.3) is 6.08 Å². The van der Waals surface area contributed by atoms with Gasteiger partial charge in [-0.3, -0.25) is 9.59 Å². The number of aliphatic imine (C=N–C) groups is 1. The largest absolute Gasteiger partial charge is 0.454 e. The number of ether oxygens (including phenoxy) is 2. The van der Waals surface area contributed by atoms with Crippen molar-refractivity contribution in [3.8, 4) is 11.5 Å². The minimum Gasteiger partial charge on any atom is -0.454 e. The van der Waals surface area contributed by atoms with Crippen molar-refractivity contribution < 1.29 is 19.1 Å². The molecule has 0 saturated carbocycles. The first-order valence-electron chi connectivity index (χ1n) is 7.58. The molecule has 0 aliphatic carbocycles. The minimum absolute atomic E-state index is 0.189. The molecule has 1 saturated heterocycles. The van der Waals surface area contributed by atoms with Gasteiger partial charge in [-0.15, -0.1) is 0 Å². The van der Waals surface area contributed by atoms with Crippen LogP contribution in [0.4, 0.5) is 0 Å². The standard InChI is InChI=1S/C18H11ClN2O4S/c19-12-4-2-11(3-5-12)16(22)20-18-21-17(23)15(26-18)8-10-1-6-13-14(7-10)25-9-24-13/h1-8H,9H2,(H,20,21,22,23)/b15-8-. The van der Waals surface area contributed by atoms with Crippen molar-refractivity contribution in [3.05, 3.63) is 63.5 Å². The predicted molar refractivity (Wildman–Crippen MR) is 99.5 cm³/mol. The first-order chi connectivity index (χ1) is 12.6. The molecule has 0 atom stereocenters. The average Bonchev–Trinajstić information content (AvgIpc) is 3.22. The molecule has 2 heterocycles. The van der Waals surface area contributed by atoms with Crippen molar-refractivity contribution in [2.75, 3.05) is 6.79 Å². The maximum absolute atomic E-state index is 12.2. The number of fused-ring (bicyclic) bond motifs is 1. The molecule has 2 aromatic carbocycles. The van der Waals surface area contributed by atoms with Gasteiger partial charge in [0.25, 0.3) is 11.8 Å². The van der Waals surface area contributed by atoms with Crippen LogP contribution in [0.15, 0.2) is 52.4 Å². The van der Waals surface area contributed by atoms with E-state index < -0.39 is 5.91 Å². The first-order valence-corrected chi connectivity index (χ1v) is 8.77. The number of amidine groups is 1. The topological polar surface area (TPSA) is 77.0 Å². The third-order valence-electron chi connectivity index (χ3n) is 3.64. The SMILES string of the molecule is O=C1NC(=NC(=O)c2ccc(Cl)cc2)S/C1=C\c1ccc2c(c1)OCO2. The molecule has 2 aliphatic heterocycles. The highest BCUT2D eigenvalue weighted by Gasteiger charge is 2.25. The van der Waals surface area contributed by atoms with Crippen molar-refractivity contribution >= 4 is 46.4 Å². The predicted octanol–water partition coefficient (Wildman–Crippen LogP) is 3.47. The lowest BCUT2D eigenvalue weighted by Gasteiger charge is -1.98. The van der Waals surface area contributed by atoms with E-state index in [1.807, 2.05) is 6.07 Å². The summed E-state index contributed by atoms with van der Waals surface area (Å²) in [6.07, 6.45) is 1.71. The second-order valence-electron chi connectivity index (χ2n) is 5.41. The summed E-state index contributed by atoms with van der Waals surface area (Å²) in [5.74, 6) is 0.546. The normalized spacial score (nSPS) is 18.4. The number of benzene rings is 2. The average molecular weight is 387 g/mol. The van der Waals surface area contributed by atoms with Crippen molar-refractivity contribution in [2.45, 2.75) is 0 Å². The Hall–Kier alpha value is -2.77. The lowest BCUT2D eigenvalue weighted by Crippen LogP contribution is -2.20. The minimum atomic E-state index is -0.450. The smallest absolute Gasteiger partial charge is 0.279 e. The molecule has 0 radical (unpaired) electrons. The number of hydrogen-bond donors (Lipinski definition) is 1. The summed E-state index contributed by atoms with van der Waals surface area (Å²) in [5, 5.41) is 3.36. The number of nitrogens with one attached hydrogen (secondary N) is 1. The monoisotopic (exact) mass is 386 g/mol. The van der Waals surface area contributed by atoms with Crippen LogP contribution in [0.2, 0.25) is 5.02 Å². The van der Waals surface area contributed by atoms with Crippen molar-refractivity contribution in [2.24, 2.45) is 4.99 Å². The van der Waals surface area contributed by atoms with Gasteiger partial charge < -0.3 is 14.8 Å². The van der Waals surface area contributed by atoms with Gasteiger partial charge in [-0.2, -0.15) is 4.99 Å². The lowest BCUT2D eigenvalue weighted by atomic mass is 10.2. The van der Waals surface area contributed by atoms with Crippen LogP contribution in [0, 0.1) is 0 Å². The molecule has 4 rings (SSSR count). The van der Waals surface area contributed by atoms with E-state index in [9.17, 15) is 9.59 Å². The molecule has 0 unspecified atom stereocenters. The van der Waals surface area contributed by atoms with E-state index in [1.54, 1.807) is 42.5 Å². The van der Waals surface area contributed by atoms with Crippen molar-refractivity contribution in [1.82, 2.24) is 5.32 Å². The Kier molecular flexibility index (Phi) is 4.40. The number of thioether (sulfide) groups is 1. The highest BCUT2D eigenvalue weighted by atomic mass is 35.5. The van der Waals surface area contributed by atoms with E-state index in [0.717, 1.165) is 17.3 Å². The Morgan fingerprint density at radius 3 is 2.73 bits per heavy atom. The maximum atomic E-state index is 12.2. The number of carbonyl (C=O) groups is 2. The van der Waals surface area contributed by atoms with E-state index in [0.29, 0.717) is 27.0 Å². The highest BCUT2D eigenvalue weighted by Crippen LogP contribution is 2.34. The van der Waals surface area contributed by atoms with Gasteiger partial charge >= 0.3 is 0 Å². The summed E-state index contributed by atoms with van der Waals surface area (Å²) in [5.41, 5.74) is 1.18. The molecule has 0 aromatic heterocycles. The van der Waals surface area contributed by atoms with Gasteiger partial charge in [0.05, 0.1) is 4.91 Å². The zero-order valence-electron chi connectivity index (χ0n) is 13.2. The van der Waals surface area contributed by atoms with Crippen LogP contribution in [0.1, 0.15) is 15.9 Å². The molecule has 2 aliphatic rings. The summed E-state index contributed by atoms with van der Waals surface area (Å²) in [6.45, 7) is 0.189. The number of rotatable bonds is 2. The molecule has 1 N–H and O–H groups in total. The lowest BCUT2D eigenvalue weighted by molar-refractivity contribution is -0.115. The van der Waals surface area contributed by atoms with Gasteiger partial charge in [0.15, 0.2) is 16.7 Å². The summed E-state index contributed by atoms with van der Waals surface area (Å²) in [6, 6.07) is 11.8. The highest BCUT2D eigenvalue weighted by molar-refractivity contribution is 8.18. The number of hydrogen-bond acceptors (Lipinski definition) is 5. The summed E-state index contributed by atoms with van der Waals surface area (Å²) < 4.78 is 10.6. The number of carbonyl (C=O) groups excluding carboxylic acids is 2. The molecule has 0 bridgehead atoms. The zero-order chi connectivity index (χ0) is 18.1. The Labute approximate surface area is 157 Å². The molecular formula is C18H11ClN2O4S. The molecule has 0 spiro atoms. The zero-order valence-corrected chi connectivity index (χ0v) is 14.8. The third-order valence-corrected chi connectivity index (χ3v) is 4.80. The van der Waals surface area contributed by atoms with Gasteiger partial charge in [0, 0.05) is 10.6 Å². The molecule has 8 heteroatoms. The second-order valence-corrected chi connectivity index (χ2v) is 6.87. The van der Waals surface area contributed by atoms with E-state index in [4.69, 9.17) is 21.1 Å². The van der Waals surface area contributed by atoms with Crippen molar-refractivity contribution in [1.29, 1.82) is 0 Å². The fourth-order valence-electron chi connectivity index (χ4n) is 2.38. The second kappa shape index (κ2) is 6.86. The summed E-state index contributed by atoms with van der Waals surface area (Å²) in [7, 11) is 0. The fourth-order valence-corrected chi connectivity index (χ4v) is 3.33. The third kappa shape index (κ3) is 3.44. The Balaban J connectivity index is 1.53. The van der Waals surface area contributed by atoms with Crippen LogP contribution in [0.3, 0.4) is 0 Å². The molecule has 26 heavy (non-hydrogen) atoms. The van der Waals surface area contributed by atoms with Gasteiger partial charge in [-0.25, -0.2) is 0 Å². The summed E-state index contributed by atoms with van der Waals surface area (Å²) in [4.78, 5) is 28.7. The summed E-state index contributed by atoms with van der Waals surface area (Å²) >= 11 is 6.91. The number of nitrogens with zero attached hydrogens (tertiary/aromatic N) is 1. The maximum Gasteiger partial charge on any atom is 0.279 e. The molecular weight excluding hydrogens is 376 g/mol. The number of amides is 2. The van der Waals surface area contributed by atoms with Gasteiger partial charge in [0.2, 0.25) is 6.79 Å². The van der Waals surface area contributed by atoms with Crippen molar-refractivity contribution in [3.63, 3.8) is 0 Å². The van der Waals surface area contributed by atoms with E-state index >= 15 is 0 Å². The van der Waals surface area contributed by atoms with Crippen LogP contribution in [0.5, 0.6) is 11.5 Å². The van der Waals surface area contributed by atoms with E-state index in [1.165, 1.54) is 0 Å². The molecule has 6 nitrogen and oxygen atoms in total. The molecule has 130 valence electrons. The van der Waals surface area contributed by atoms with Gasteiger partial charge in [-0.1, -0.05) is 17.7 Å². The van der Waals surface area contributed by atoms with Crippen LogP contribution in [-0.2, 0) is 4.79 Å². The Morgan fingerprint density at radius 1 is 1.15 bits per heavy atom. The van der Waals surface area contributed by atoms with Gasteiger partial charge in [0.1, 0.15) is 0 Å². The molecule has 2 amide bonds. The quantitative estimate of drug-likeness (QED) is 0.800. The Morgan fingerprint density at radius 2 is 1.92 bits per heavy atom. The van der Waals surface area contributed by atoms with E-state index in [-0.39, 0.29) is 17.9 Å². The number of halogens is 1. The Bertz CT molecular complexity index is 970. The van der Waals surface area contributed by atoms with Gasteiger partial charge in [-0.05, 0) is 59.8 Å². The van der Waals surface area contributed by atoms with Crippen LogP contribution >= 0.6 is 23.4 Å². The fraction of sp³-hybridized carbons (Fsp3) is 0.0556. The first kappa shape index (κ1) is 16.7.